The smallest absolute Gasteiger partial charge is 0.199 e. The van der Waals surface area contributed by atoms with E-state index in [2.05, 4.69) is 25.6 Å². The van der Waals surface area contributed by atoms with Crippen molar-refractivity contribution in [3.8, 4) is 0 Å². The first kappa shape index (κ1) is 13.8. The molecule has 0 aliphatic rings. The Morgan fingerprint density at radius 3 is 2.59 bits per heavy atom. The van der Waals surface area contributed by atoms with E-state index in [1.165, 1.54) is 5.56 Å². The van der Waals surface area contributed by atoms with E-state index in [-0.39, 0.29) is 12.4 Å². The topological polar surface area (TPSA) is 18.5 Å². The molecule has 1 aromatic rings. The molecule has 0 heterocycles. The van der Waals surface area contributed by atoms with Gasteiger partial charge in [-0.2, -0.15) is 0 Å². The Morgan fingerprint density at radius 1 is 1.35 bits per heavy atom. The van der Waals surface area contributed by atoms with Gasteiger partial charge in [0.25, 0.3) is 0 Å². The number of ether oxygens (including phenoxy) is 2. The molecular formula is C15H22O2. The highest BCUT2D eigenvalue weighted by Crippen LogP contribution is 2.19. The highest BCUT2D eigenvalue weighted by atomic mass is 16.7. The van der Waals surface area contributed by atoms with Crippen LogP contribution >= 0.6 is 0 Å². The summed E-state index contributed by atoms with van der Waals surface area (Å²) in [6.45, 7) is 12.1. The maximum absolute atomic E-state index is 5.73. The van der Waals surface area contributed by atoms with Crippen LogP contribution in [0, 0.1) is 6.92 Å². The summed E-state index contributed by atoms with van der Waals surface area (Å²) in [6, 6.07) is 8.12. The molecule has 1 unspecified atom stereocenters. The normalized spacial score (nSPS) is 12.5. The van der Waals surface area contributed by atoms with Gasteiger partial charge < -0.3 is 9.47 Å². The zero-order valence-corrected chi connectivity index (χ0v) is 11.2. The van der Waals surface area contributed by atoms with Crippen LogP contribution in [-0.4, -0.2) is 12.4 Å². The SMILES string of the molecule is C=C(OC(CC)OC(C)C)c1cccc(C)c1. The molecule has 0 aromatic heterocycles. The van der Waals surface area contributed by atoms with Crippen molar-refractivity contribution < 1.29 is 9.47 Å². The molecule has 0 aliphatic heterocycles. The lowest BCUT2D eigenvalue weighted by Crippen LogP contribution is -2.19. The maximum atomic E-state index is 5.73. The molecule has 2 heteroatoms. The summed E-state index contributed by atoms with van der Waals surface area (Å²) in [4.78, 5) is 0. The molecule has 0 aliphatic carbocycles. The van der Waals surface area contributed by atoms with Crippen molar-refractivity contribution in [3.05, 3.63) is 42.0 Å². The van der Waals surface area contributed by atoms with E-state index in [0.717, 1.165) is 12.0 Å². The van der Waals surface area contributed by atoms with E-state index in [1.54, 1.807) is 0 Å². The summed E-state index contributed by atoms with van der Waals surface area (Å²) < 4.78 is 11.4. The Kier molecular flexibility index (Phi) is 5.23. The Balaban J connectivity index is 2.64. The first-order chi connectivity index (χ1) is 8.02. The first-order valence-corrected chi connectivity index (χ1v) is 6.11. The minimum Gasteiger partial charge on any atom is -0.465 e. The zero-order valence-electron chi connectivity index (χ0n) is 11.2. The van der Waals surface area contributed by atoms with E-state index in [0.29, 0.717) is 5.76 Å². The lowest BCUT2D eigenvalue weighted by atomic mass is 10.1. The highest BCUT2D eigenvalue weighted by Gasteiger charge is 2.12. The number of hydrogen-bond acceptors (Lipinski definition) is 2. The zero-order chi connectivity index (χ0) is 12.8. The van der Waals surface area contributed by atoms with E-state index < -0.39 is 0 Å². The second-order valence-electron chi connectivity index (χ2n) is 4.43. The molecule has 0 radical (unpaired) electrons. The van der Waals surface area contributed by atoms with Crippen LogP contribution in [0.3, 0.4) is 0 Å². The Bertz CT molecular complexity index is 369. The molecule has 0 fully saturated rings. The van der Waals surface area contributed by atoms with Gasteiger partial charge >= 0.3 is 0 Å². The van der Waals surface area contributed by atoms with Crippen LogP contribution in [-0.2, 0) is 9.47 Å². The second kappa shape index (κ2) is 6.45. The van der Waals surface area contributed by atoms with Crippen molar-refractivity contribution in [1.29, 1.82) is 0 Å². The van der Waals surface area contributed by atoms with Gasteiger partial charge in [0, 0.05) is 12.0 Å². The highest BCUT2D eigenvalue weighted by molar-refractivity contribution is 5.58. The lowest BCUT2D eigenvalue weighted by Gasteiger charge is -2.21. The summed E-state index contributed by atoms with van der Waals surface area (Å²) >= 11 is 0. The van der Waals surface area contributed by atoms with Crippen molar-refractivity contribution in [1.82, 2.24) is 0 Å². The van der Waals surface area contributed by atoms with Crippen molar-refractivity contribution in [2.24, 2.45) is 0 Å². The molecule has 2 nitrogen and oxygen atoms in total. The van der Waals surface area contributed by atoms with Gasteiger partial charge in [-0.1, -0.05) is 37.3 Å². The molecule has 1 atom stereocenters. The third-order valence-corrected chi connectivity index (χ3v) is 2.37. The van der Waals surface area contributed by atoms with Gasteiger partial charge in [-0.25, -0.2) is 0 Å². The second-order valence-corrected chi connectivity index (χ2v) is 4.43. The Morgan fingerprint density at radius 2 is 2.06 bits per heavy atom. The van der Waals surface area contributed by atoms with Crippen LogP contribution < -0.4 is 0 Å². The van der Waals surface area contributed by atoms with Crippen LogP contribution in [0.2, 0.25) is 0 Å². The van der Waals surface area contributed by atoms with Crippen molar-refractivity contribution >= 4 is 5.76 Å². The molecule has 94 valence electrons. The summed E-state index contributed by atoms with van der Waals surface area (Å²) in [6.07, 6.45) is 0.747. The van der Waals surface area contributed by atoms with Gasteiger partial charge in [0.05, 0.1) is 6.10 Å². The van der Waals surface area contributed by atoms with Crippen molar-refractivity contribution in [3.63, 3.8) is 0 Å². The monoisotopic (exact) mass is 234 g/mol. The van der Waals surface area contributed by atoms with Gasteiger partial charge in [0.15, 0.2) is 6.29 Å². The van der Waals surface area contributed by atoms with Crippen molar-refractivity contribution in [2.75, 3.05) is 0 Å². The van der Waals surface area contributed by atoms with Crippen LogP contribution in [0.4, 0.5) is 0 Å². The standard InChI is InChI=1S/C15H22O2/c1-6-15(16-11(2)3)17-13(5)14-9-7-8-12(4)10-14/h7-11,15H,5-6H2,1-4H3. The first-order valence-electron chi connectivity index (χ1n) is 6.11. The number of rotatable bonds is 6. The van der Waals surface area contributed by atoms with Crippen LogP contribution in [0.1, 0.15) is 38.3 Å². The van der Waals surface area contributed by atoms with Gasteiger partial charge in [0.1, 0.15) is 5.76 Å². The largest absolute Gasteiger partial charge is 0.465 e. The fourth-order valence-corrected chi connectivity index (χ4v) is 1.56. The van der Waals surface area contributed by atoms with Crippen LogP contribution in [0.5, 0.6) is 0 Å². The molecule has 17 heavy (non-hydrogen) atoms. The minimum absolute atomic E-state index is 0.158. The van der Waals surface area contributed by atoms with Crippen LogP contribution in [0.25, 0.3) is 5.76 Å². The summed E-state index contributed by atoms with van der Waals surface area (Å²) in [5, 5.41) is 0. The molecule has 0 bridgehead atoms. The molecule has 0 saturated carbocycles. The van der Waals surface area contributed by atoms with Gasteiger partial charge in [-0.3, -0.25) is 0 Å². The molecule has 1 rings (SSSR count). The van der Waals surface area contributed by atoms with E-state index in [4.69, 9.17) is 9.47 Å². The fourth-order valence-electron chi connectivity index (χ4n) is 1.56. The molecular weight excluding hydrogens is 212 g/mol. The predicted molar refractivity (Wildman–Crippen MR) is 71.6 cm³/mol. The molecule has 0 N–H and O–H groups in total. The third-order valence-electron chi connectivity index (χ3n) is 2.37. The summed E-state index contributed by atoms with van der Waals surface area (Å²) in [5.41, 5.74) is 2.21. The van der Waals surface area contributed by atoms with Gasteiger partial charge in [-0.05, 0) is 26.8 Å². The van der Waals surface area contributed by atoms with E-state index in [1.807, 2.05) is 32.9 Å². The number of aryl methyl sites for hydroxylation is 1. The predicted octanol–water partition coefficient (Wildman–Crippen LogP) is 4.14. The van der Waals surface area contributed by atoms with Gasteiger partial charge in [-0.15, -0.1) is 0 Å². The molecule has 1 aromatic carbocycles. The third kappa shape index (κ3) is 4.61. The van der Waals surface area contributed by atoms with Crippen LogP contribution in [0.15, 0.2) is 30.8 Å². The molecule has 0 amide bonds. The van der Waals surface area contributed by atoms with Gasteiger partial charge in [0.2, 0.25) is 0 Å². The quantitative estimate of drug-likeness (QED) is 0.544. The van der Waals surface area contributed by atoms with E-state index in [9.17, 15) is 0 Å². The van der Waals surface area contributed by atoms with Crippen molar-refractivity contribution in [2.45, 2.75) is 46.5 Å². The Labute approximate surface area is 104 Å². The average molecular weight is 234 g/mol. The number of benzene rings is 1. The lowest BCUT2D eigenvalue weighted by molar-refractivity contribution is -0.123. The average Bonchev–Trinajstić information content (AvgIpc) is 2.27. The summed E-state index contributed by atoms with van der Waals surface area (Å²) in [7, 11) is 0. The molecule has 0 saturated heterocycles. The fraction of sp³-hybridized carbons (Fsp3) is 0.467. The minimum atomic E-state index is -0.219. The van der Waals surface area contributed by atoms with E-state index >= 15 is 0 Å². The maximum Gasteiger partial charge on any atom is 0.199 e. The molecule has 0 spiro atoms. The summed E-state index contributed by atoms with van der Waals surface area (Å²) in [5.74, 6) is 0.668. The number of hydrogen-bond donors (Lipinski definition) is 0. The Hall–Kier alpha value is -1.28.